The molecule has 0 aliphatic carbocycles. The van der Waals surface area contributed by atoms with E-state index in [1.54, 1.807) is 0 Å². The van der Waals surface area contributed by atoms with E-state index in [1.807, 2.05) is 12.4 Å². The summed E-state index contributed by atoms with van der Waals surface area (Å²) in [4.78, 5) is 13.8. The number of piperidine rings is 1. The van der Waals surface area contributed by atoms with Gasteiger partial charge in [0, 0.05) is 43.5 Å². The molecule has 0 radical (unpaired) electrons. The standard InChI is InChI=1S/C16H28N4/c1-14(2)16-17-11-15(12-18-16)13-19(3)9-10-20-7-5-4-6-8-20/h11-12,14H,4-10,13H2,1-3H3. The first-order valence-electron chi connectivity index (χ1n) is 7.87. The second-order valence-corrected chi connectivity index (χ2v) is 6.24. The van der Waals surface area contributed by atoms with Gasteiger partial charge in [-0.1, -0.05) is 20.3 Å². The van der Waals surface area contributed by atoms with Crippen molar-refractivity contribution in [2.75, 3.05) is 33.2 Å². The van der Waals surface area contributed by atoms with Crippen LogP contribution in [-0.2, 0) is 6.54 Å². The van der Waals surface area contributed by atoms with Crippen LogP contribution in [0, 0.1) is 0 Å². The van der Waals surface area contributed by atoms with Gasteiger partial charge in [-0.2, -0.15) is 0 Å². The Morgan fingerprint density at radius 1 is 1.15 bits per heavy atom. The molecule has 0 N–H and O–H groups in total. The van der Waals surface area contributed by atoms with Gasteiger partial charge in [0.2, 0.25) is 0 Å². The molecule has 1 aromatic rings. The van der Waals surface area contributed by atoms with E-state index in [9.17, 15) is 0 Å². The lowest BCUT2D eigenvalue weighted by molar-refractivity contribution is 0.193. The maximum absolute atomic E-state index is 4.43. The van der Waals surface area contributed by atoms with Gasteiger partial charge in [0.1, 0.15) is 5.82 Å². The molecule has 4 nitrogen and oxygen atoms in total. The Morgan fingerprint density at radius 2 is 1.80 bits per heavy atom. The zero-order valence-electron chi connectivity index (χ0n) is 13.2. The van der Waals surface area contributed by atoms with Gasteiger partial charge >= 0.3 is 0 Å². The van der Waals surface area contributed by atoms with Crippen molar-refractivity contribution >= 4 is 0 Å². The Labute approximate surface area is 123 Å². The van der Waals surface area contributed by atoms with Gasteiger partial charge in [0.15, 0.2) is 0 Å². The second-order valence-electron chi connectivity index (χ2n) is 6.24. The topological polar surface area (TPSA) is 32.3 Å². The van der Waals surface area contributed by atoms with Crippen LogP contribution in [0.25, 0.3) is 0 Å². The molecule has 0 saturated carbocycles. The molecule has 0 unspecified atom stereocenters. The summed E-state index contributed by atoms with van der Waals surface area (Å²) in [5.74, 6) is 1.34. The van der Waals surface area contributed by atoms with Gasteiger partial charge in [-0.05, 0) is 33.0 Å². The monoisotopic (exact) mass is 276 g/mol. The molecule has 1 fully saturated rings. The zero-order valence-corrected chi connectivity index (χ0v) is 13.2. The molecular weight excluding hydrogens is 248 g/mol. The predicted molar refractivity (Wildman–Crippen MR) is 82.7 cm³/mol. The number of likely N-dealkylation sites (N-methyl/N-ethyl adjacent to an activating group) is 1. The highest BCUT2D eigenvalue weighted by molar-refractivity contribution is 5.06. The third kappa shape index (κ3) is 4.84. The highest BCUT2D eigenvalue weighted by atomic mass is 15.2. The Bertz CT molecular complexity index is 382. The SMILES string of the molecule is CC(C)c1ncc(CN(C)CCN2CCCCC2)cn1. The third-order valence-electron chi connectivity index (χ3n) is 3.94. The Hall–Kier alpha value is -1.00. The van der Waals surface area contributed by atoms with Gasteiger partial charge in [0.25, 0.3) is 0 Å². The van der Waals surface area contributed by atoms with Crippen LogP contribution < -0.4 is 0 Å². The van der Waals surface area contributed by atoms with Crippen LogP contribution in [0.2, 0.25) is 0 Å². The average molecular weight is 276 g/mol. The van der Waals surface area contributed by atoms with Crippen molar-refractivity contribution in [3.63, 3.8) is 0 Å². The number of nitrogens with zero attached hydrogens (tertiary/aromatic N) is 4. The summed E-state index contributed by atoms with van der Waals surface area (Å²) in [5, 5.41) is 0. The highest BCUT2D eigenvalue weighted by Crippen LogP contribution is 2.10. The van der Waals surface area contributed by atoms with Crippen LogP contribution in [-0.4, -0.2) is 53.0 Å². The van der Waals surface area contributed by atoms with Crippen LogP contribution in [0.1, 0.15) is 50.4 Å². The molecule has 2 rings (SSSR count). The molecule has 0 atom stereocenters. The third-order valence-corrected chi connectivity index (χ3v) is 3.94. The summed E-state index contributed by atoms with van der Waals surface area (Å²) in [7, 11) is 2.18. The molecular formula is C16H28N4. The summed E-state index contributed by atoms with van der Waals surface area (Å²) < 4.78 is 0. The summed E-state index contributed by atoms with van der Waals surface area (Å²) in [5.41, 5.74) is 1.20. The van der Waals surface area contributed by atoms with Crippen LogP contribution in [0.3, 0.4) is 0 Å². The number of likely N-dealkylation sites (tertiary alicyclic amines) is 1. The molecule has 0 bridgehead atoms. The lowest BCUT2D eigenvalue weighted by Gasteiger charge is -2.28. The van der Waals surface area contributed by atoms with Crippen LogP contribution in [0.4, 0.5) is 0 Å². The van der Waals surface area contributed by atoms with E-state index >= 15 is 0 Å². The van der Waals surface area contributed by atoms with E-state index in [2.05, 4.69) is 40.7 Å². The number of hydrogen-bond acceptors (Lipinski definition) is 4. The van der Waals surface area contributed by atoms with Gasteiger partial charge in [-0.25, -0.2) is 9.97 Å². The quantitative estimate of drug-likeness (QED) is 0.799. The zero-order chi connectivity index (χ0) is 14.4. The van der Waals surface area contributed by atoms with Crippen molar-refractivity contribution in [1.82, 2.24) is 19.8 Å². The fourth-order valence-corrected chi connectivity index (χ4v) is 2.63. The van der Waals surface area contributed by atoms with E-state index < -0.39 is 0 Å². The first-order valence-corrected chi connectivity index (χ1v) is 7.87. The summed E-state index contributed by atoms with van der Waals surface area (Å²) in [6.45, 7) is 10.0. The molecule has 1 aliphatic heterocycles. The van der Waals surface area contributed by atoms with Crippen molar-refractivity contribution in [2.45, 2.75) is 45.6 Å². The van der Waals surface area contributed by atoms with Crippen LogP contribution >= 0.6 is 0 Å². The average Bonchev–Trinajstić information content (AvgIpc) is 2.47. The molecule has 0 amide bonds. The Balaban J connectivity index is 1.74. The minimum absolute atomic E-state index is 0.404. The molecule has 4 heteroatoms. The van der Waals surface area contributed by atoms with E-state index in [4.69, 9.17) is 0 Å². The smallest absolute Gasteiger partial charge is 0.130 e. The lowest BCUT2D eigenvalue weighted by Crippen LogP contribution is -2.36. The maximum atomic E-state index is 4.43. The first kappa shape index (κ1) is 15.4. The summed E-state index contributed by atoms with van der Waals surface area (Å²) in [6, 6.07) is 0. The van der Waals surface area contributed by atoms with Crippen LogP contribution in [0.15, 0.2) is 12.4 Å². The van der Waals surface area contributed by atoms with Crippen LogP contribution in [0.5, 0.6) is 0 Å². The molecule has 1 saturated heterocycles. The molecule has 20 heavy (non-hydrogen) atoms. The van der Waals surface area contributed by atoms with Crippen molar-refractivity contribution in [3.05, 3.63) is 23.8 Å². The minimum atomic E-state index is 0.404. The van der Waals surface area contributed by atoms with Gasteiger partial charge in [-0.3, -0.25) is 0 Å². The molecule has 0 spiro atoms. The van der Waals surface area contributed by atoms with Gasteiger partial charge in [0.05, 0.1) is 0 Å². The maximum Gasteiger partial charge on any atom is 0.130 e. The van der Waals surface area contributed by atoms with E-state index in [-0.39, 0.29) is 0 Å². The molecule has 112 valence electrons. The van der Waals surface area contributed by atoms with E-state index in [1.165, 1.54) is 44.5 Å². The normalized spacial score (nSPS) is 17.1. The number of rotatable bonds is 6. The number of hydrogen-bond donors (Lipinski definition) is 0. The largest absolute Gasteiger partial charge is 0.302 e. The second kappa shape index (κ2) is 7.70. The minimum Gasteiger partial charge on any atom is -0.302 e. The first-order chi connectivity index (χ1) is 9.65. The van der Waals surface area contributed by atoms with Crippen molar-refractivity contribution in [2.24, 2.45) is 0 Å². The van der Waals surface area contributed by atoms with Crippen molar-refractivity contribution in [3.8, 4) is 0 Å². The van der Waals surface area contributed by atoms with Gasteiger partial charge < -0.3 is 9.80 Å². The van der Waals surface area contributed by atoms with Crippen molar-refractivity contribution in [1.29, 1.82) is 0 Å². The number of aromatic nitrogens is 2. The lowest BCUT2D eigenvalue weighted by atomic mass is 10.1. The molecule has 1 aromatic heterocycles. The van der Waals surface area contributed by atoms with E-state index in [0.717, 1.165) is 18.9 Å². The van der Waals surface area contributed by atoms with Gasteiger partial charge in [-0.15, -0.1) is 0 Å². The summed E-state index contributed by atoms with van der Waals surface area (Å²) in [6.07, 6.45) is 8.09. The Morgan fingerprint density at radius 3 is 2.40 bits per heavy atom. The van der Waals surface area contributed by atoms with Crippen molar-refractivity contribution < 1.29 is 0 Å². The Kier molecular flexibility index (Phi) is 5.92. The fourth-order valence-electron chi connectivity index (χ4n) is 2.63. The molecule has 2 heterocycles. The highest BCUT2D eigenvalue weighted by Gasteiger charge is 2.11. The molecule has 0 aromatic carbocycles. The summed E-state index contributed by atoms with van der Waals surface area (Å²) >= 11 is 0. The predicted octanol–water partition coefficient (Wildman–Crippen LogP) is 2.52. The molecule has 1 aliphatic rings. The van der Waals surface area contributed by atoms with E-state index in [0.29, 0.717) is 5.92 Å². The fraction of sp³-hybridized carbons (Fsp3) is 0.750.